The summed E-state index contributed by atoms with van der Waals surface area (Å²) in [7, 11) is 0. The fourth-order valence-electron chi connectivity index (χ4n) is 3.01. The molecule has 2 unspecified atom stereocenters. The van der Waals surface area contributed by atoms with Gasteiger partial charge in [0.2, 0.25) is 5.91 Å². The number of nitrogens with zero attached hydrogens (tertiary/aromatic N) is 1. The minimum atomic E-state index is -0.503. The van der Waals surface area contributed by atoms with Crippen molar-refractivity contribution in [2.24, 2.45) is 0 Å². The van der Waals surface area contributed by atoms with Crippen molar-refractivity contribution in [2.75, 3.05) is 6.54 Å². The first-order chi connectivity index (χ1) is 11.6. The summed E-state index contributed by atoms with van der Waals surface area (Å²) in [5.41, 5.74) is -0.503. The first-order valence-electron chi connectivity index (χ1n) is 8.67. The van der Waals surface area contributed by atoms with E-state index in [-0.39, 0.29) is 24.1 Å². The molecule has 0 aromatic carbocycles. The average molecular weight is 387 g/mol. The van der Waals surface area contributed by atoms with Crippen LogP contribution in [0.1, 0.15) is 51.8 Å². The molecule has 0 bridgehead atoms. The fraction of sp³-hybridized carbons (Fsp3) is 0.667. The van der Waals surface area contributed by atoms with Crippen molar-refractivity contribution in [1.82, 2.24) is 10.2 Å². The summed E-state index contributed by atoms with van der Waals surface area (Å²) in [6.45, 7) is 8.22. The van der Waals surface area contributed by atoms with E-state index in [1.807, 2.05) is 44.7 Å². The van der Waals surface area contributed by atoms with Gasteiger partial charge in [-0.25, -0.2) is 4.79 Å². The summed E-state index contributed by atoms with van der Waals surface area (Å²) in [4.78, 5) is 27.4. The molecule has 140 valence electrons. The third-order valence-corrected chi connectivity index (χ3v) is 5.42. The summed E-state index contributed by atoms with van der Waals surface area (Å²) < 4.78 is 6.05. The molecule has 5 nitrogen and oxygen atoms in total. The van der Waals surface area contributed by atoms with Crippen molar-refractivity contribution >= 4 is 34.9 Å². The van der Waals surface area contributed by atoms with E-state index >= 15 is 0 Å². The highest BCUT2D eigenvalue weighted by atomic mass is 35.5. The SMILES string of the molecule is CC1CC(NC(=O)OC(C)(C)C)CCN1C(=O)CCc1ccc(Cl)s1. The lowest BCUT2D eigenvalue weighted by Crippen LogP contribution is -2.51. The summed E-state index contributed by atoms with van der Waals surface area (Å²) in [6.07, 6.45) is 2.32. The van der Waals surface area contributed by atoms with Crippen LogP contribution in [0.4, 0.5) is 4.79 Å². The standard InChI is InChI=1S/C18H27ClN2O3S/c1-12-11-13(20-17(23)24-18(2,3)4)9-10-21(12)16(22)8-6-14-5-7-15(19)25-14/h5,7,12-13H,6,8-11H2,1-4H3,(H,20,23). The Morgan fingerprint density at radius 2 is 2.12 bits per heavy atom. The lowest BCUT2D eigenvalue weighted by Gasteiger charge is -2.38. The van der Waals surface area contributed by atoms with Gasteiger partial charge < -0.3 is 15.0 Å². The maximum Gasteiger partial charge on any atom is 0.407 e. The van der Waals surface area contributed by atoms with Gasteiger partial charge in [-0.2, -0.15) is 0 Å². The van der Waals surface area contributed by atoms with Crippen LogP contribution in [0.15, 0.2) is 12.1 Å². The van der Waals surface area contributed by atoms with E-state index in [2.05, 4.69) is 5.32 Å². The second kappa shape index (κ2) is 8.41. The number of piperidine rings is 1. The van der Waals surface area contributed by atoms with Gasteiger partial charge >= 0.3 is 6.09 Å². The number of rotatable bonds is 4. The van der Waals surface area contributed by atoms with Crippen LogP contribution in [-0.2, 0) is 16.0 Å². The van der Waals surface area contributed by atoms with Crippen LogP contribution < -0.4 is 5.32 Å². The molecule has 0 saturated carbocycles. The largest absolute Gasteiger partial charge is 0.444 e. The maximum absolute atomic E-state index is 12.5. The monoisotopic (exact) mass is 386 g/mol. The van der Waals surface area contributed by atoms with Gasteiger partial charge in [-0.15, -0.1) is 11.3 Å². The number of carbonyl (C=O) groups is 2. The van der Waals surface area contributed by atoms with Crippen LogP contribution in [0, 0.1) is 0 Å². The molecule has 0 aliphatic carbocycles. The Morgan fingerprint density at radius 3 is 2.68 bits per heavy atom. The number of aryl methyl sites for hydroxylation is 1. The van der Waals surface area contributed by atoms with Crippen molar-refractivity contribution in [3.05, 3.63) is 21.3 Å². The third-order valence-electron chi connectivity index (χ3n) is 4.13. The number of likely N-dealkylation sites (tertiary alicyclic amines) is 1. The topological polar surface area (TPSA) is 58.6 Å². The van der Waals surface area contributed by atoms with Crippen LogP contribution in [0.3, 0.4) is 0 Å². The number of hydrogen-bond acceptors (Lipinski definition) is 4. The minimum Gasteiger partial charge on any atom is -0.444 e. The molecule has 2 amide bonds. The molecule has 2 rings (SSSR count). The van der Waals surface area contributed by atoms with Gasteiger partial charge in [0.15, 0.2) is 0 Å². The molecule has 1 aliphatic heterocycles. The quantitative estimate of drug-likeness (QED) is 0.841. The fourth-order valence-corrected chi connectivity index (χ4v) is 4.09. The van der Waals surface area contributed by atoms with Gasteiger partial charge in [0.25, 0.3) is 0 Å². The molecule has 1 saturated heterocycles. The number of ether oxygens (including phenoxy) is 1. The molecular formula is C18H27ClN2O3S. The van der Waals surface area contributed by atoms with Crippen LogP contribution >= 0.6 is 22.9 Å². The molecule has 1 fully saturated rings. The van der Waals surface area contributed by atoms with E-state index < -0.39 is 5.60 Å². The van der Waals surface area contributed by atoms with E-state index in [0.717, 1.165) is 28.5 Å². The second-order valence-electron chi connectivity index (χ2n) is 7.51. The predicted molar refractivity (Wildman–Crippen MR) is 101 cm³/mol. The molecule has 7 heteroatoms. The van der Waals surface area contributed by atoms with Crippen molar-refractivity contribution < 1.29 is 14.3 Å². The summed E-state index contributed by atoms with van der Waals surface area (Å²) in [6, 6.07) is 3.99. The molecule has 2 atom stereocenters. The Morgan fingerprint density at radius 1 is 1.40 bits per heavy atom. The van der Waals surface area contributed by atoms with Gasteiger partial charge in [-0.05, 0) is 59.1 Å². The Balaban J connectivity index is 1.78. The molecule has 2 heterocycles. The molecule has 25 heavy (non-hydrogen) atoms. The van der Waals surface area contributed by atoms with E-state index in [1.54, 1.807) is 0 Å². The van der Waals surface area contributed by atoms with Crippen molar-refractivity contribution in [3.8, 4) is 0 Å². The molecule has 0 spiro atoms. The van der Waals surface area contributed by atoms with E-state index in [4.69, 9.17) is 16.3 Å². The number of amides is 2. The molecule has 1 aliphatic rings. The molecule has 1 aromatic heterocycles. The third kappa shape index (κ3) is 6.51. The van der Waals surface area contributed by atoms with Gasteiger partial charge in [0.1, 0.15) is 5.60 Å². The van der Waals surface area contributed by atoms with Gasteiger partial charge in [-0.1, -0.05) is 11.6 Å². The Labute approximate surface area is 158 Å². The zero-order valence-corrected chi connectivity index (χ0v) is 16.9. The smallest absolute Gasteiger partial charge is 0.407 e. The summed E-state index contributed by atoms with van der Waals surface area (Å²) in [5, 5.41) is 2.91. The number of carbonyl (C=O) groups excluding carboxylic acids is 2. The maximum atomic E-state index is 12.5. The van der Waals surface area contributed by atoms with Crippen LogP contribution in [0.5, 0.6) is 0 Å². The summed E-state index contributed by atoms with van der Waals surface area (Å²) >= 11 is 7.45. The van der Waals surface area contributed by atoms with E-state index in [0.29, 0.717) is 13.0 Å². The van der Waals surface area contributed by atoms with E-state index in [1.165, 1.54) is 11.3 Å². The van der Waals surface area contributed by atoms with Crippen LogP contribution in [0.25, 0.3) is 0 Å². The molecule has 1 aromatic rings. The Kier molecular flexibility index (Phi) is 6.74. The molecular weight excluding hydrogens is 360 g/mol. The predicted octanol–water partition coefficient (Wildman–Crippen LogP) is 4.24. The van der Waals surface area contributed by atoms with Gasteiger partial charge in [0, 0.05) is 29.9 Å². The highest BCUT2D eigenvalue weighted by molar-refractivity contribution is 7.16. The Bertz CT molecular complexity index is 612. The highest BCUT2D eigenvalue weighted by Crippen LogP contribution is 2.24. The first kappa shape index (κ1) is 20.0. The normalized spacial score (nSPS) is 21.1. The van der Waals surface area contributed by atoms with E-state index in [9.17, 15) is 9.59 Å². The van der Waals surface area contributed by atoms with Gasteiger partial charge in [0.05, 0.1) is 4.34 Å². The summed E-state index contributed by atoms with van der Waals surface area (Å²) in [5.74, 6) is 0.160. The van der Waals surface area contributed by atoms with Crippen LogP contribution in [0.2, 0.25) is 4.34 Å². The lowest BCUT2D eigenvalue weighted by molar-refractivity contribution is -0.134. The Hall–Kier alpha value is -1.27. The minimum absolute atomic E-state index is 0.0463. The number of hydrogen-bond donors (Lipinski definition) is 1. The number of halogens is 1. The van der Waals surface area contributed by atoms with Crippen molar-refractivity contribution in [1.29, 1.82) is 0 Å². The highest BCUT2D eigenvalue weighted by Gasteiger charge is 2.30. The molecule has 0 radical (unpaired) electrons. The second-order valence-corrected chi connectivity index (χ2v) is 9.31. The number of nitrogens with one attached hydrogen (secondary N) is 1. The van der Waals surface area contributed by atoms with Gasteiger partial charge in [-0.3, -0.25) is 4.79 Å². The zero-order valence-electron chi connectivity index (χ0n) is 15.3. The number of thiophene rings is 1. The van der Waals surface area contributed by atoms with Crippen LogP contribution in [-0.4, -0.2) is 41.1 Å². The van der Waals surface area contributed by atoms with Crippen molar-refractivity contribution in [3.63, 3.8) is 0 Å². The zero-order chi connectivity index (χ0) is 18.6. The lowest BCUT2D eigenvalue weighted by atomic mass is 9.98. The average Bonchev–Trinajstić information content (AvgIpc) is 2.88. The van der Waals surface area contributed by atoms with Crippen molar-refractivity contribution in [2.45, 2.75) is 71.1 Å². The number of alkyl carbamates (subject to hydrolysis) is 1. The molecule has 1 N–H and O–H groups in total. The first-order valence-corrected chi connectivity index (χ1v) is 9.86.